The Morgan fingerprint density at radius 2 is 1.92 bits per heavy atom. The minimum atomic E-state index is -0.561. The largest absolute Gasteiger partial charge is 0.483 e. The molecule has 6 nitrogen and oxygen atoms in total. The molecule has 1 fully saturated rings. The molecule has 3 rings (SSSR count). The van der Waals surface area contributed by atoms with E-state index in [2.05, 4.69) is 17.5 Å². The van der Waals surface area contributed by atoms with Gasteiger partial charge >= 0.3 is 0 Å². The number of hydrogen-bond acceptors (Lipinski definition) is 4. The van der Waals surface area contributed by atoms with Crippen molar-refractivity contribution >= 4 is 23.2 Å². The lowest BCUT2D eigenvalue weighted by molar-refractivity contribution is -0.917. The van der Waals surface area contributed by atoms with E-state index in [4.69, 9.17) is 10.5 Å². The minimum Gasteiger partial charge on any atom is -0.483 e. The Kier molecular flexibility index (Phi) is 5.67. The molecule has 2 heterocycles. The monoisotopic (exact) mass is 360 g/mol. The molecule has 1 aliphatic rings. The predicted molar refractivity (Wildman–Crippen MR) is 95.8 cm³/mol. The van der Waals surface area contributed by atoms with Crippen LogP contribution in [0.1, 0.15) is 15.2 Å². The molecule has 1 aliphatic heterocycles. The van der Waals surface area contributed by atoms with Crippen molar-refractivity contribution in [2.45, 2.75) is 6.54 Å². The van der Waals surface area contributed by atoms with E-state index in [0.29, 0.717) is 11.3 Å². The lowest BCUT2D eigenvalue weighted by Gasteiger charge is -2.32. The summed E-state index contributed by atoms with van der Waals surface area (Å²) in [5.41, 5.74) is 5.61. The summed E-state index contributed by atoms with van der Waals surface area (Å²) in [7, 11) is 0. The summed E-state index contributed by atoms with van der Waals surface area (Å²) in [6, 6.07) is 10.9. The van der Waals surface area contributed by atoms with E-state index in [9.17, 15) is 9.59 Å². The van der Waals surface area contributed by atoms with Gasteiger partial charge in [0.1, 0.15) is 12.3 Å². The number of thiophene rings is 1. The molecule has 0 spiro atoms. The fraction of sp³-hybridized carbons (Fsp3) is 0.333. The van der Waals surface area contributed by atoms with Crippen molar-refractivity contribution in [1.82, 2.24) is 4.90 Å². The average molecular weight is 360 g/mol. The molecule has 2 aromatic rings. The summed E-state index contributed by atoms with van der Waals surface area (Å²) in [6.07, 6.45) is 0. The predicted octanol–water partition coefficient (Wildman–Crippen LogP) is 0.153. The third kappa shape index (κ3) is 4.58. The van der Waals surface area contributed by atoms with Gasteiger partial charge in [-0.2, -0.15) is 0 Å². The second kappa shape index (κ2) is 8.13. The van der Waals surface area contributed by atoms with Crippen LogP contribution in [0.2, 0.25) is 0 Å². The summed E-state index contributed by atoms with van der Waals surface area (Å²) in [4.78, 5) is 28.4. The Morgan fingerprint density at radius 3 is 2.60 bits per heavy atom. The Hall–Kier alpha value is -2.38. The standard InChI is InChI=1S/C18H21N3O3S/c19-18(23)15-5-1-2-6-16(15)24-13-17(22)21-9-7-20(8-10-21)12-14-4-3-11-25-14/h1-6,11H,7-10,12-13H2,(H2,19,23)/p+1. The maximum atomic E-state index is 12.4. The number of nitrogens with zero attached hydrogens (tertiary/aromatic N) is 1. The number of ether oxygens (including phenoxy) is 1. The lowest BCUT2D eigenvalue weighted by atomic mass is 10.2. The van der Waals surface area contributed by atoms with Crippen LogP contribution in [0.15, 0.2) is 41.8 Å². The first-order valence-corrected chi connectivity index (χ1v) is 9.17. The second-order valence-electron chi connectivity index (χ2n) is 6.04. The number of carbonyl (C=O) groups is 2. The fourth-order valence-corrected chi connectivity index (χ4v) is 3.71. The zero-order valence-corrected chi connectivity index (χ0v) is 14.8. The first kappa shape index (κ1) is 17.4. The van der Waals surface area contributed by atoms with E-state index in [1.807, 2.05) is 4.90 Å². The van der Waals surface area contributed by atoms with E-state index >= 15 is 0 Å². The van der Waals surface area contributed by atoms with Crippen LogP contribution in [0.3, 0.4) is 0 Å². The smallest absolute Gasteiger partial charge is 0.260 e. The van der Waals surface area contributed by atoms with Crippen LogP contribution >= 0.6 is 11.3 Å². The first-order valence-electron chi connectivity index (χ1n) is 8.29. The Balaban J connectivity index is 1.48. The highest BCUT2D eigenvalue weighted by molar-refractivity contribution is 7.09. The van der Waals surface area contributed by atoms with Gasteiger partial charge in [0.2, 0.25) is 0 Å². The molecule has 7 heteroatoms. The van der Waals surface area contributed by atoms with Crippen molar-refractivity contribution in [3.63, 3.8) is 0 Å². The van der Waals surface area contributed by atoms with Crippen LogP contribution in [0, 0.1) is 0 Å². The number of piperazine rings is 1. The van der Waals surface area contributed by atoms with Gasteiger partial charge in [-0.05, 0) is 23.6 Å². The van der Waals surface area contributed by atoms with Gasteiger partial charge in [0.05, 0.1) is 36.6 Å². The van der Waals surface area contributed by atoms with E-state index in [-0.39, 0.29) is 12.5 Å². The Morgan fingerprint density at radius 1 is 1.16 bits per heavy atom. The molecular weight excluding hydrogens is 338 g/mol. The summed E-state index contributed by atoms with van der Waals surface area (Å²) in [6.45, 7) is 4.25. The lowest BCUT2D eigenvalue weighted by Crippen LogP contribution is -3.13. The highest BCUT2D eigenvalue weighted by Crippen LogP contribution is 2.17. The van der Waals surface area contributed by atoms with Crippen molar-refractivity contribution < 1.29 is 19.2 Å². The number of rotatable bonds is 6. The summed E-state index contributed by atoms with van der Waals surface area (Å²) in [5.74, 6) is -0.270. The third-order valence-corrected chi connectivity index (χ3v) is 5.21. The van der Waals surface area contributed by atoms with Crippen molar-refractivity contribution in [1.29, 1.82) is 0 Å². The zero-order chi connectivity index (χ0) is 17.6. The SMILES string of the molecule is NC(=O)c1ccccc1OCC(=O)N1CC[NH+](Cc2cccs2)CC1. The molecule has 25 heavy (non-hydrogen) atoms. The highest BCUT2D eigenvalue weighted by Gasteiger charge is 2.24. The maximum absolute atomic E-state index is 12.4. The quantitative estimate of drug-likeness (QED) is 0.770. The zero-order valence-electron chi connectivity index (χ0n) is 13.9. The molecule has 1 aromatic carbocycles. The van der Waals surface area contributed by atoms with Crippen LogP contribution in [0.5, 0.6) is 5.75 Å². The molecule has 0 unspecified atom stereocenters. The van der Waals surface area contributed by atoms with Gasteiger partial charge in [-0.3, -0.25) is 9.59 Å². The Bertz CT molecular complexity index is 725. The van der Waals surface area contributed by atoms with Crippen molar-refractivity contribution in [3.8, 4) is 5.75 Å². The second-order valence-corrected chi connectivity index (χ2v) is 7.07. The van der Waals surface area contributed by atoms with Gasteiger partial charge in [0.15, 0.2) is 6.61 Å². The van der Waals surface area contributed by atoms with Gasteiger partial charge in [-0.1, -0.05) is 18.2 Å². The minimum absolute atomic E-state index is 0.0607. The Labute approximate surface area is 150 Å². The van der Waals surface area contributed by atoms with E-state index in [1.165, 1.54) is 9.78 Å². The van der Waals surface area contributed by atoms with Crippen LogP contribution in [0.25, 0.3) is 0 Å². The molecule has 1 saturated heterocycles. The van der Waals surface area contributed by atoms with Gasteiger partial charge in [-0.25, -0.2) is 0 Å². The molecule has 2 amide bonds. The number of benzene rings is 1. The number of hydrogen-bond donors (Lipinski definition) is 2. The van der Waals surface area contributed by atoms with Gasteiger partial charge in [0.25, 0.3) is 11.8 Å². The summed E-state index contributed by atoms with van der Waals surface area (Å²) in [5, 5.41) is 2.09. The molecule has 3 N–H and O–H groups in total. The summed E-state index contributed by atoms with van der Waals surface area (Å²) < 4.78 is 5.53. The molecule has 0 radical (unpaired) electrons. The third-order valence-electron chi connectivity index (χ3n) is 4.33. The molecule has 0 saturated carbocycles. The van der Waals surface area contributed by atoms with Crippen LogP contribution < -0.4 is 15.4 Å². The maximum Gasteiger partial charge on any atom is 0.260 e. The molecule has 132 valence electrons. The number of quaternary nitrogens is 1. The normalized spacial score (nSPS) is 15.1. The number of nitrogens with two attached hydrogens (primary N) is 1. The number of nitrogens with one attached hydrogen (secondary N) is 1. The number of amides is 2. The molecular formula is C18H22N3O3S+. The van der Waals surface area contributed by atoms with E-state index in [1.54, 1.807) is 35.6 Å². The summed E-state index contributed by atoms with van der Waals surface area (Å²) >= 11 is 1.77. The molecule has 0 bridgehead atoms. The van der Waals surface area contributed by atoms with Gasteiger partial charge < -0.3 is 20.3 Å². The van der Waals surface area contributed by atoms with E-state index < -0.39 is 5.91 Å². The first-order chi connectivity index (χ1) is 12.1. The van der Waals surface area contributed by atoms with E-state index in [0.717, 1.165) is 32.7 Å². The highest BCUT2D eigenvalue weighted by atomic mass is 32.1. The molecule has 0 atom stereocenters. The van der Waals surface area contributed by atoms with Crippen molar-refractivity contribution in [3.05, 3.63) is 52.2 Å². The number of para-hydroxylation sites is 1. The number of primary amides is 1. The van der Waals surface area contributed by atoms with Crippen LogP contribution in [-0.4, -0.2) is 49.5 Å². The van der Waals surface area contributed by atoms with Crippen LogP contribution in [-0.2, 0) is 11.3 Å². The average Bonchev–Trinajstić information content (AvgIpc) is 3.13. The molecule has 0 aliphatic carbocycles. The van der Waals surface area contributed by atoms with Crippen molar-refractivity contribution in [2.75, 3.05) is 32.8 Å². The van der Waals surface area contributed by atoms with Gasteiger partial charge in [-0.15, -0.1) is 11.3 Å². The number of carbonyl (C=O) groups excluding carboxylic acids is 2. The van der Waals surface area contributed by atoms with Crippen molar-refractivity contribution in [2.24, 2.45) is 5.73 Å². The molecule has 1 aromatic heterocycles. The van der Waals surface area contributed by atoms with Gasteiger partial charge in [0, 0.05) is 0 Å². The topological polar surface area (TPSA) is 77.1 Å². The van der Waals surface area contributed by atoms with Crippen LogP contribution in [0.4, 0.5) is 0 Å². The fourth-order valence-electron chi connectivity index (χ4n) is 2.94.